The van der Waals surface area contributed by atoms with Gasteiger partial charge in [0.15, 0.2) is 0 Å². The standard InChI is InChI=1S/C29H33NO4/c1-3-5-7-22-20-10-9-19-18-11-13-29(25(19)24(20)27(31)33-22)23(8-6-4-2)34-28(32)26(29)21(18)15-17-12-14-30-16-17/h7-8,12,16,18-19,25H,3-6,9-11,13-15H2,1-2H3/b22-7-,23-8-/t18-,19-,25+,29-/m0/s1. The van der Waals surface area contributed by atoms with Crippen molar-refractivity contribution in [3.05, 3.63) is 57.6 Å². The lowest BCUT2D eigenvalue weighted by atomic mass is 9.44. The van der Waals surface area contributed by atoms with Gasteiger partial charge in [0.2, 0.25) is 0 Å². The van der Waals surface area contributed by atoms with E-state index < -0.39 is 5.41 Å². The van der Waals surface area contributed by atoms with Crippen LogP contribution in [0.5, 0.6) is 0 Å². The van der Waals surface area contributed by atoms with Crippen LogP contribution < -0.4 is 0 Å². The predicted molar refractivity (Wildman–Crippen MR) is 130 cm³/mol. The van der Waals surface area contributed by atoms with E-state index in [-0.39, 0.29) is 17.9 Å². The largest absolute Gasteiger partial charge is 0.427 e. The highest BCUT2D eigenvalue weighted by Gasteiger charge is 2.68. The molecule has 0 aromatic rings. The van der Waals surface area contributed by atoms with Crippen molar-refractivity contribution >= 4 is 18.2 Å². The Morgan fingerprint density at radius 1 is 1.09 bits per heavy atom. The zero-order valence-corrected chi connectivity index (χ0v) is 20.2. The van der Waals surface area contributed by atoms with Crippen molar-refractivity contribution in [1.82, 2.24) is 0 Å². The molecule has 1 saturated heterocycles. The second kappa shape index (κ2) is 8.21. The van der Waals surface area contributed by atoms with E-state index in [0.29, 0.717) is 11.8 Å². The van der Waals surface area contributed by atoms with Gasteiger partial charge in [0.05, 0.1) is 17.5 Å². The molecule has 34 heavy (non-hydrogen) atoms. The van der Waals surface area contributed by atoms with Crippen LogP contribution in [0.1, 0.15) is 71.6 Å². The number of cyclic esters (lactones) is 2. The van der Waals surface area contributed by atoms with Gasteiger partial charge in [0.1, 0.15) is 11.5 Å². The molecule has 5 heteroatoms. The van der Waals surface area contributed by atoms with Crippen LogP contribution in [0.2, 0.25) is 0 Å². The van der Waals surface area contributed by atoms with E-state index in [2.05, 4.69) is 37.1 Å². The normalized spacial score (nSPS) is 35.7. The molecule has 4 atom stereocenters. The summed E-state index contributed by atoms with van der Waals surface area (Å²) in [6.45, 7) is 5.00. The molecule has 0 radical (unpaired) electrons. The van der Waals surface area contributed by atoms with E-state index in [9.17, 15) is 9.59 Å². The number of carbonyl (C=O) groups excluding carboxylic acids is 2. The van der Waals surface area contributed by atoms with Gasteiger partial charge in [-0.1, -0.05) is 38.3 Å². The summed E-state index contributed by atoms with van der Waals surface area (Å²) in [5, 5.41) is 0. The van der Waals surface area contributed by atoms with Crippen molar-refractivity contribution in [3.8, 4) is 0 Å². The molecule has 0 unspecified atom stereocenters. The van der Waals surface area contributed by atoms with E-state index in [4.69, 9.17) is 9.47 Å². The number of ether oxygens (including phenoxy) is 2. The zero-order chi connectivity index (χ0) is 23.4. The number of aliphatic imine (C=N–C) groups is 1. The minimum atomic E-state index is -0.530. The molecule has 1 saturated carbocycles. The number of hydrogen-bond donors (Lipinski definition) is 0. The van der Waals surface area contributed by atoms with Crippen LogP contribution in [0.3, 0.4) is 0 Å². The number of hydrogen-bond acceptors (Lipinski definition) is 5. The van der Waals surface area contributed by atoms with E-state index >= 15 is 0 Å². The molecule has 7 aliphatic rings. The van der Waals surface area contributed by atoms with E-state index in [0.717, 1.165) is 92.6 Å². The molecule has 0 aromatic carbocycles. The minimum absolute atomic E-state index is 0.0328. The summed E-state index contributed by atoms with van der Waals surface area (Å²) in [6, 6.07) is 0. The van der Waals surface area contributed by atoms with E-state index in [1.54, 1.807) is 0 Å². The van der Waals surface area contributed by atoms with Gasteiger partial charge in [0, 0.05) is 23.3 Å². The number of allylic oxidation sites excluding steroid dienone is 6. The molecule has 5 nitrogen and oxygen atoms in total. The summed E-state index contributed by atoms with van der Waals surface area (Å²) in [4.78, 5) is 31.2. The fraction of sp³-hybridized carbons (Fsp3) is 0.552. The first-order valence-corrected chi connectivity index (χ1v) is 13.1. The second-order valence-corrected chi connectivity index (χ2v) is 10.5. The first kappa shape index (κ1) is 21.8. The van der Waals surface area contributed by atoms with Crippen molar-refractivity contribution in [1.29, 1.82) is 0 Å². The average molecular weight is 460 g/mol. The Morgan fingerprint density at radius 2 is 1.91 bits per heavy atom. The first-order chi connectivity index (χ1) is 16.6. The van der Waals surface area contributed by atoms with Gasteiger partial charge in [-0.2, -0.15) is 0 Å². The lowest BCUT2D eigenvalue weighted by Crippen LogP contribution is -2.52. The van der Waals surface area contributed by atoms with Gasteiger partial charge < -0.3 is 9.47 Å². The first-order valence-electron chi connectivity index (χ1n) is 13.1. The van der Waals surface area contributed by atoms with Crippen molar-refractivity contribution in [2.24, 2.45) is 28.2 Å². The number of carbonyl (C=O) groups is 2. The quantitative estimate of drug-likeness (QED) is 0.464. The van der Waals surface area contributed by atoms with Crippen LogP contribution >= 0.6 is 0 Å². The van der Waals surface area contributed by atoms with Crippen molar-refractivity contribution in [2.75, 3.05) is 6.54 Å². The lowest BCUT2D eigenvalue weighted by molar-refractivity contribution is -0.135. The Labute approximate surface area is 201 Å². The van der Waals surface area contributed by atoms with Crippen molar-refractivity contribution in [3.63, 3.8) is 0 Å². The predicted octanol–water partition coefficient (Wildman–Crippen LogP) is 5.90. The minimum Gasteiger partial charge on any atom is -0.427 e. The molecular formula is C29H33NO4. The Balaban J connectivity index is 1.55. The van der Waals surface area contributed by atoms with Gasteiger partial charge >= 0.3 is 11.9 Å². The molecule has 0 amide bonds. The molecule has 2 fully saturated rings. The number of rotatable bonds is 6. The van der Waals surface area contributed by atoms with Crippen LogP contribution in [0.15, 0.2) is 62.6 Å². The summed E-state index contributed by atoms with van der Waals surface area (Å²) >= 11 is 0. The highest BCUT2D eigenvalue weighted by molar-refractivity contribution is 6.00. The maximum Gasteiger partial charge on any atom is 0.340 e. The number of nitrogens with zero attached hydrogens (tertiary/aromatic N) is 1. The highest BCUT2D eigenvalue weighted by Crippen LogP contribution is 2.70. The Kier molecular flexibility index (Phi) is 5.27. The van der Waals surface area contributed by atoms with Gasteiger partial charge in [-0.15, -0.1) is 0 Å². The molecule has 4 aliphatic carbocycles. The van der Waals surface area contributed by atoms with Gasteiger partial charge in [0.25, 0.3) is 0 Å². The Hall–Kier alpha value is -2.69. The van der Waals surface area contributed by atoms with Gasteiger partial charge in [-0.25, -0.2) is 9.59 Å². The molecule has 3 heterocycles. The van der Waals surface area contributed by atoms with Crippen LogP contribution in [-0.4, -0.2) is 24.7 Å². The molecule has 178 valence electrons. The van der Waals surface area contributed by atoms with Crippen molar-refractivity contribution < 1.29 is 19.1 Å². The molecule has 2 bridgehead atoms. The third kappa shape index (κ3) is 2.95. The molecule has 1 spiro atoms. The maximum absolute atomic E-state index is 13.5. The topological polar surface area (TPSA) is 65.0 Å². The average Bonchev–Trinajstić information content (AvgIpc) is 3.54. The lowest BCUT2D eigenvalue weighted by Gasteiger charge is -2.56. The maximum atomic E-state index is 13.5. The molecule has 0 N–H and O–H groups in total. The van der Waals surface area contributed by atoms with Crippen LogP contribution in [0.25, 0.3) is 0 Å². The number of esters is 2. The van der Waals surface area contributed by atoms with Gasteiger partial charge in [-0.05, 0) is 74.5 Å². The third-order valence-electron chi connectivity index (χ3n) is 8.82. The third-order valence-corrected chi connectivity index (χ3v) is 8.82. The van der Waals surface area contributed by atoms with Crippen molar-refractivity contribution in [2.45, 2.75) is 71.6 Å². The molecular weight excluding hydrogens is 426 g/mol. The second-order valence-electron chi connectivity index (χ2n) is 10.5. The van der Waals surface area contributed by atoms with Crippen LogP contribution in [0, 0.1) is 23.2 Å². The molecule has 7 rings (SSSR count). The fourth-order valence-corrected chi connectivity index (χ4v) is 7.56. The van der Waals surface area contributed by atoms with E-state index in [1.807, 2.05) is 6.21 Å². The van der Waals surface area contributed by atoms with Crippen LogP contribution in [-0.2, 0) is 19.1 Å². The Morgan fingerprint density at radius 3 is 2.68 bits per heavy atom. The number of fused-ring (bicyclic) bond motifs is 1. The molecule has 3 aliphatic heterocycles. The Bertz CT molecular complexity index is 1150. The summed E-state index contributed by atoms with van der Waals surface area (Å²) in [6.07, 6.45) is 16.7. The zero-order valence-electron chi connectivity index (χ0n) is 20.2. The van der Waals surface area contributed by atoms with E-state index in [1.165, 1.54) is 11.1 Å². The fourth-order valence-electron chi connectivity index (χ4n) is 7.56. The molecule has 0 aromatic heterocycles. The summed E-state index contributed by atoms with van der Waals surface area (Å²) in [5.41, 5.74) is 4.68. The van der Waals surface area contributed by atoms with Crippen LogP contribution in [0.4, 0.5) is 0 Å². The smallest absolute Gasteiger partial charge is 0.340 e. The summed E-state index contributed by atoms with van der Waals surface area (Å²) in [7, 11) is 0. The van der Waals surface area contributed by atoms with Gasteiger partial charge in [-0.3, -0.25) is 4.99 Å². The summed E-state index contributed by atoms with van der Waals surface area (Å²) < 4.78 is 11.9. The highest BCUT2D eigenvalue weighted by atomic mass is 16.5. The SMILES string of the molecule is CCC/C=C1\OC(=O)C2=C1CC[C@H]1[C@@H]3CC[C@@]4(C(=C3CC3=CCN=C3)C(=O)O/C4=C\CCC)[C@@H]21. The monoisotopic (exact) mass is 459 g/mol. The summed E-state index contributed by atoms with van der Waals surface area (Å²) in [5.74, 6) is 1.77. The number of unbranched alkanes of at least 4 members (excludes halogenated alkanes) is 2.